The Morgan fingerprint density at radius 1 is 0.970 bits per heavy atom. The molecule has 2 aliphatic rings. The normalized spacial score (nSPS) is 15.2. The monoisotopic (exact) mass is 460 g/mol. The molecule has 0 radical (unpaired) electrons. The fraction of sp³-hybridized carbons (Fsp3) is 0.333. The van der Waals surface area contributed by atoms with Gasteiger partial charge in [-0.3, -0.25) is 4.79 Å². The van der Waals surface area contributed by atoms with E-state index in [0.717, 1.165) is 64.6 Å². The predicted molar refractivity (Wildman–Crippen MR) is 134 cm³/mol. The fourth-order valence-corrected chi connectivity index (χ4v) is 5.60. The summed E-state index contributed by atoms with van der Waals surface area (Å²) >= 11 is 1.66. The molecule has 2 aromatic carbocycles. The zero-order valence-corrected chi connectivity index (χ0v) is 19.9. The average molecular weight is 461 g/mol. The highest BCUT2D eigenvalue weighted by Crippen LogP contribution is 2.40. The molecule has 33 heavy (non-hydrogen) atoms. The lowest BCUT2D eigenvalue weighted by molar-refractivity contribution is 0.102. The van der Waals surface area contributed by atoms with Crippen LogP contribution in [-0.4, -0.2) is 18.9 Å². The molecule has 3 aromatic rings. The quantitative estimate of drug-likeness (QED) is 0.438. The summed E-state index contributed by atoms with van der Waals surface area (Å²) in [6, 6.07) is 11.8. The number of aryl methyl sites for hydroxylation is 3. The summed E-state index contributed by atoms with van der Waals surface area (Å²) < 4.78 is 10.9. The van der Waals surface area contributed by atoms with Crippen molar-refractivity contribution in [3.05, 3.63) is 69.1 Å². The van der Waals surface area contributed by atoms with Crippen molar-refractivity contribution in [1.82, 2.24) is 0 Å². The Morgan fingerprint density at radius 3 is 2.64 bits per heavy atom. The first-order valence-corrected chi connectivity index (χ1v) is 12.4. The number of aliphatic imine (C=N–C) groups is 1. The number of rotatable bonds is 4. The molecular weight excluding hydrogens is 432 g/mol. The van der Waals surface area contributed by atoms with Gasteiger partial charge in [0.05, 0.1) is 5.56 Å². The van der Waals surface area contributed by atoms with E-state index < -0.39 is 0 Å². The molecule has 1 amide bonds. The lowest BCUT2D eigenvalue weighted by atomic mass is 9.96. The number of benzene rings is 2. The van der Waals surface area contributed by atoms with E-state index in [1.54, 1.807) is 11.3 Å². The van der Waals surface area contributed by atoms with E-state index in [1.165, 1.54) is 28.8 Å². The molecule has 1 aromatic heterocycles. The molecule has 1 N–H and O–H groups in total. The summed E-state index contributed by atoms with van der Waals surface area (Å²) in [5.74, 6) is 1.40. The van der Waals surface area contributed by atoms with Crippen LogP contribution >= 0.6 is 11.3 Å². The van der Waals surface area contributed by atoms with Crippen LogP contribution in [0.4, 0.5) is 10.7 Å². The van der Waals surface area contributed by atoms with Gasteiger partial charge in [-0.2, -0.15) is 0 Å². The molecule has 5 nitrogen and oxygen atoms in total. The predicted octanol–water partition coefficient (Wildman–Crippen LogP) is 6.76. The first-order chi connectivity index (χ1) is 16.1. The van der Waals surface area contributed by atoms with Gasteiger partial charge < -0.3 is 14.8 Å². The number of carbonyl (C=O) groups is 1. The van der Waals surface area contributed by atoms with E-state index in [-0.39, 0.29) is 12.7 Å². The van der Waals surface area contributed by atoms with Gasteiger partial charge in [-0.15, -0.1) is 11.3 Å². The Hall–Kier alpha value is -3.12. The Morgan fingerprint density at radius 2 is 1.79 bits per heavy atom. The van der Waals surface area contributed by atoms with Crippen molar-refractivity contribution in [2.75, 3.05) is 12.1 Å². The molecule has 1 aliphatic carbocycles. The smallest absolute Gasteiger partial charge is 0.259 e. The van der Waals surface area contributed by atoms with Gasteiger partial charge in [-0.05, 0) is 92.1 Å². The standard InChI is InChI=1S/C27H28N2O3S/c1-17-9-11-20(13-18(17)2)29-26(30)25-21-7-5-3-4-6-8-24(21)33-27(25)28-15-19-10-12-22-23(14-19)32-16-31-22/h9-15H,3-8,16H2,1-2H3,(H,29,30). The maximum atomic E-state index is 13.5. The first-order valence-electron chi connectivity index (χ1n) is 11.6. The van der Waals surface area contributed by atoms with Gasteiger partial charge in [0.2, 0.25) is 6.79 Å². The number of amides is 1. The van der Waals surface area contributed by atoms with E-state index in [0.29, 0.717) is 0 Å². The molecular formula is C27H28N2O3S. The number of carbonyl (C=O) groups excluding carboxylic acids is 1. The number of nitrogens with zero attached hydrogens (tertiary/aromatic N) is 1. The number of nitrogens with one attached hydrogen (secondary N) is 1. The highest BCUT2D eigenvalue weighted by Gasteiger charge is 2.24. The third-order valence-corrected chi connectivity index (χ3v) is 7.57. The Labute approximate surface area is 198 Å². The van der Waals surface area contributed by atoms with Gasteiger partial charge >= 0.3 is 0 Å². The largest absolute Gasteiger partial charge is 0.454 e. The summed E-state index contributed by atoms with van der Waals surface area (Å²) in [6.07, 6.45) is 8.49. The molecule has 1 aliphatic heterocycles. The molecule has 0 saturated heterocycles. The maximum absolute atomic E-state index is 13.5. The highest BCUT2D eigenvalue weighted by molar-refractivity contribution is 7.16. The number of anilines is 1. The van der Waals surface area contributed by atoms with Crippen molar-refractivity contribution in [3.8, 4) is 11.5 Å². The summed E-state index contributed by atoms with van der Waals surface area (Å²) in [4.78, 5) is 19.6. The van der Waals surface area contributed by atoms with Crippen LogP contribution in [0.25, 0.3) is 0 Å². The van der Waals surface area contributed by atoms with Gasteiger partial charge in [0.15, 0.2) is 11.5 Å². The zero-order chi connectivity index (χ0) is 22.8. The maximum Gasteiger partial charge on any atom is 0.259 e. The van der Waals surface area contributed by atoms with E-state index in [4.69, 9.17) is 14.5 Å². The van der Waals surface area contributed by atoms with Gasteiger partial charge in [-0.25, -0.2) is 4.99 Å². The molecule has 6 heteroatoms. The number of hydrogen-bond acceptors (Lipinski definition) is 5. The minimum Gasteiger partial charge on any atom is -0.454 e. The van der Waals surface area contributed by atoms with Crippen LogP contribution in [0.1, 0.15) is 63.2 Å². The van der Waals surface area contributed by atoms with Gasteiger partial charge in [0.25, 0.3) is 5.91 Å². The zero-order valence-electron chi connectivity index (χ0n) is 19.1. The Balaban J connectivity index is 1.49. The first kappa shape index (κ1) is 21.7. The van der Waals surface area contributed by atoms with E-state index in [2.05, 4.69) is 19.2 Å². The molecule has 0 atom stereocenters. The van der Waals surface area contributed by atoms with Gasteiger partial charge in [0.1, 0.15) is 5.00 Å². The highest BCUT2D eigenvalue weighted by atomic mass is 32.1. The summed E-state index contributed by atoms with van der Waals surface area (Å²) in [6.45, 7) is 4.38. The van der Waals surface area contributed by atoms with Crippen molar-refractivity contribution >= 4 is 34.1 Å². The topological polar surface area (TPSA) is 59.9 Å². The van der Waals surface area contributed by atoms with Crippen LogP contribution in [0.2, 0.25) is 0 Å². The molecule has 0 saturated carbocycles. The third kappa shape index (κ3) is 4.67. The second-order valence-corrected chi connectivity index (χ2v) is 9.81. The van der Waals surface area contributed by atoms with Crippen molar-refractivity contribution in [1.29, 1.82) is 0 Å². The second kappa shape index (κ2) is 9.40. The van der Waals surface area contributed by atoms with Crippen molar-refractivity contribution < 1.29 is 14.3 Å². The van der Waals surface area contributed by atoms with Crippen LogP contribution in [0.5, 0.6) is 11.5 Å². The Bertz CT molecular complexity index is 1230. The minimum atomic E-state index is -0.0748. The van der Waals surface area contributed by atoms with Crippen molar-refractivity contribution in [3.63, 3.8) is 0 Å². The van der Waals surface area contributed by atoms with Crippen molar-refractivity contribution in [2.24, 2.45) is 4.99 Å². The summed E-state index contributed by atoms with van der Waals surface area (Å²) in [5.41, 5.74) is 6.02. The van der Waals surface area contributed by atoms with E-state index >= 15 is 0 Å². The number of hydrogen-bond donors (Lipinski definition) is 1. The number of ether oxygens (including phenoxy) is 2. The summed E-state index contributed by atoms with van der Waals surface area (Å²) in [7, 11) is 0. The minimum absolute atomic E-state index is 0.0748. The van der Waals surface area contributed by atoms with Crippen LogP contribution in [0, 0.1) is 13.8 Å². The van der Waals surface area contributed by atoms with Gasteiger partial charge in [0, 0.05) is 16.8 Å². The van der Waals surface area contributed by atoms with Crippen LogP contribution in [-0.2, 0) is 12.8 Å². The number of fused-ring (bicyclic) bond motifs is 2. The molecule has 5 rings (SSSR count). The summed E-state index contributed by atoms with van der Waals surface area (Å²) in [5, 5.41) is 3.91. The van der Waals surface area contributed by atoms with Crippen LogP contribution in [0.15, 0.2) is 41.4 Å². The molecule has 0 unspecified atom stereocenters. The van der Waals surface area contributed by atoms with E-state index in [1.807, 2.05) is 42.6 Å². The van der Waals surface area contributed by atoms with Crippen LogP contribution < -0.4 is 14.8 Å². The molecule has 0 spiro atoms. The third-order valence-electron chi connectivity index (χ3n) is 6.37. The fourth-order valence-electron chi connectivity index (χ4n) is 4.37. The molecule has 2 heterocycles. The van der Waals surface area contributed by atoms with Crippen LogP contribution in [0.3, 0.4) is 0 Å². The number of thiophene rings is 1. The van der Waals surface area contributed by atoms with Crippen molar-refractivity contribution in [2.45, 2.75) is 52.4 Å². The molecule has 0 fully saturated rings. The SMILES string of the molecule is Cc1ccc(NC(=O)c2c(N=Cc3ccc4c(c3)OCO4)sc3c2CCCCCC3)cc1C. The molecule has 170 valence electrons. The molecule has 0 bridgehead atoms. The van der Waals surface area contributed by atoms with Gasteiger partial charge in [-0.1, -0.05) is 18.9 Å². The lowest BCUT2D eigenvalue weighted by Gasteiger charge is -2.12. The van der Waals surface area contributed by atoms with E-state index in [9.17, 15) is 4.79 Å². The Kier molecular flexibility index (Phi) is 6.18. The lowest BCUT2D eigenvalue weighted by Crippen LogP contribution is -2.14. The second-order valence-electron chi connectivity index (χ2n) is 8.72. The average Bonchev–Trinajstić information content (AvgIpc) is 3.38.